The van der Waals surface area contributed by atoms with Crippen molar-refractivity contribution in [2.45, 2.75) is 40.5 Å². The Morgan fingerprint density at radius 1 is 1.24 bits per heavy atom. The molecule has 2 heteroatoms. The van der Waals surface area contributed by atoms with Crippen molar-refractivity contribution in [3.05, 3.63) is 11.6 Å². The SMILES string of the molecule is CC1=C[C@H]2[C@@H](CC1=O)[C@H](C)CC(=O)[C@H]2C(C)C. The molecule has 2 nitrogen and oxygen atoms in total. The molecule has 0 unspecified atom stereocenters. The number of fused-ring (bicyclic) bond motifs is 1. The number of rotatable bonds is 1. The van der Waals surface area contributed by atoms with Crippen LogP contribution in [-0.2, 0) is 9.59 Å². The average molecular weight is 234 g/mol. The van der Waals surface area contributed by atoms with E-state index in [1.807, 2.05) is 6.92 Å². The maximum atomic E-state index is 12.2. The highest BCUT2D eigenvalue weighted by molar-refractivity contribution is 5.96. The number of ketones is 2. The third-order valence-electron chi connectivity index (χ3n) is 4.56. The normalized spacial score (nSPS) is 38.1. The first kappa shape index (κ1) is 12.5. The fourth-order valence-electron chi connectivity index (χ4n) is 3.60. The van der Waals surface area contributed by atoms with Crippen LogP contribution in [0, 0.1) is 29.6 Å². The predicted octanol–water partition coefficient (Wildman–Crippen LogP) is 3.02. The van der Waals surface area contributed by atoms with Gasteiger partial charge in [0.05, 0.1) is 0 Å². The van der Waals surface area contributed by atoms with Gasteiger partial charge >= 0.3 is 0 Å². The molecule has 2 aliphatic rings. The Bertz CT molecular complexity index is 378. The number of allylic oxidation sites excluding steroid dienone is 2. The Balaban J connectivity index is 2.37. The molecule has 0 aromatic carbocycles. The summed E-state index contributed by atoms with van der Waals surface area (Å²) in [6.07, 6.45) is 3.38. The lowest BCUT2D eigenvalue weighted by atomic mass is 9.59. The minimum atomic E-state index is 0.124. The summed E-state index contributed by atoms with van der Waals surface area (Å²) in [5, 5.41) is 0. The molecule has 0 spiro atoms. The highest BCUT2D eigenvalue weighted by Gasteiger charge is 2.45. The zero-order valence-corrected chi connectivity index (χ0v) is 11.2. The molecule has 94 valence electrons. The van der Waals surface area contributed by atoms with Crippen LogP contribution in [0.1, 0.15) is 40.5 Å². The van der Waals surface area contributed by atoms with E-state index >= 15 is 0 Å². The quantitative estimate of drug-likeness (QED) is 0.699. The van der Waals surface area contributed by atoms with Crippen LogP contribution in [0.3, 0.4) is 0 Å². The van der Waals surface area contributed by atoms with E-state index in [-0.39, 0.29) is 11.7 Å². The lowest BCUT2D eigenvalue weighted by Gasteiger charge is -2.43. The van der Waals surface area contributed by atoms with E-state index in [1.54, 1.807) is 0 Å². The molecular weight excluding hydrogens is 212 g/mol. The fraction of sp³-hybridized carbons (Fsp3) is 0.733. The Hall–Kier alpha value is -0.920. The standard InChI is InChI=1S/C15H22O2/c1-8(2)15-12-5-10(4)13(16)7-11(12)9(3)6-14(15)17/h5,8-9,11-12,15H,6-7H2,1-4H3/t9-,11+,12+,15+/m1/s1. The first-order chi connectivity index (χ1) is 7.91. The summed E-state index contributed by atoms with van der Waals surface area (Å²) in [6, 6.07) is 0. The van der Waals surface area contributed by atoms with E-state index in [2.05, 4.69) is 26.8 Å². The predicted molar refractivity (Wildman–Crippen MR) is 67.5 cm³/mol. The van der Waals surface area contributed by atoms with E-state index in [4.69, 9.17) is 0 Å². The summed E-state index contributed by atoms with van der Waals surface area (Å²) in [5.74, 6) is 2.21. The van der Waals surface area contributed by atoms with E-state index < -0.39 is 0 Å². The minimum Gasteiger partial charge on any atom is -0.299 e. The van der Waals surface area contributed by atoms with Crippen molar-refractivity contribution in [3.63, 3.8) is 0 Å². The first-order valence-corrected chi connectivity index (χ1v) is 6.66. The Labute approximate surface area is 103 Å². The van der Waals surface area contributed by atoms with Gasteiger partial charge in [-0.2, -0.15) is 0 Å². The second-order valence-corrected chi connectivity index (χ2v) is 6.14. The van der Waals surface area contributed by atoms with Crippen LogP contribution in [-0.4, -0.2) is 11.6 Å². The molecular formula is C15H22O2. The van der Waals surface area contributed by atoms with Crippen LogP contribution in [0.4, 0.5) is 0 Å². The van der Waals surface area contributed by atoms with Gasteiger partial charge in [-0.15, -0.1) is 0 Å². The van der Waals surface area contributed by atoms with Gasteiger partial charge in [0.2, 0.25) is 0 Å². The number of hydrogen-bond acceptors (Lipinski definition) is 2. The minimum absolute atomic E-state index is 0.124. The van der Waals surface area contributed by atoms with Crippen molar-refractivity contribution in [1.29, 1.82) is 0 Å². The Morgan fingerprint density at radius 3 is 2.47 bits per heavy atom. The molecule has 17 heavy (non-hydrogen) atoms. The van der Waals surface area contributed by atoms with Crippen molar-refractivity contribution in [2.75, 3.05) is 0 Å². The fourth-order valence-corrected chi connectivity index (χ4v) is 3.60. The number of carbonyl (C=O) groups is 2. The van der Waals surface area contributed by atoms with Gasteiger partial charge in [-0.05, 0) is 36.2 Å². The van der Waals surface area contributed by atoms with Crippen LogP contribution >= 0.6 is 0 Å². The molecule has 0 aromatic heterocycles. The maximum absolute atomic E-state index is 12.2. The molecule has 0 heterocycles. The van der Waals surface area contributed by atoms with Crippen molar-refractivity contribution in [3.8, 4) is 0 Å². The van der Waals surface area contributed by atoms with Crippen LogP contribution < -0.4 is 0 Å². The van der Waals surface area contributed by atoms with E-state index in [1.165, 1.54) is 0 Å². The van der Waals surface area contributed by atoms with Gasteiger partial charge < -0.3 is 0 Å². The van der Waals surface area contributed by atoms with Crippen LogP contribution in [0.2, 0.25) is 0 Å². The average Bonchev–Trinajstić information content (AvgIpc) is 2.20. The smallest absolute Gasteiger partial charge is 0.158 e. The van der Waals surface area contributed by atoms with E-state index in [0.717, 1.165) is 5.57 Å². The van der Waals surface area contributed by atoms with Gasteiger partial charge in [0.15, 0.2) is 5.78 Å². The maximum Gasteiger partial charge on any atom is 0.158 e. The molecule has 0 saturated heterocycles. The number of hydrogen-bond donors (Lipinski definition) is 0. The van der Waals surface area contributed by atoms with Crippen molar-refractivity contribution >= 4 is 11.6 Å². The molecule has 1 saturated carbocycles. The Kier molecular flexibility index (Phi) is 3.24. The third-order valence-corrected chi connectivity index (χ3v) is 4.56. The van der Waals surface area contributed by atoms with Gasteiger partial charge in [-0.25, -0.2) is 0 Å². The highest BCUT2D eigenvalue weighted by Crippen LogP contribution is 2.45. The summed E-state index contributed by atoms with van der Waals surface area (Å²) in [5.41, 5.74) is 0.860. The second kappa shape index (κ2) is 4.40. The first-order valence-electron chi connectivity index (χ1n) is 6.66. The van der Waals surface area contributed by atoms with Crippen LogP contribution in [0.15, 0.2) is 11.6 Å². The summed E-state index contributed by atoms with van der Waals surface area (Å²) < 4.78 is 0. The number of Topliss-reactive ketones (excluding diaryl/α,β-unsaturated/α-hetero) is 2. The van der Waals surface area contributed by atoms with Crippen molar-refractivity contribution in [2.24, 2.45) is 29.6 Å². The zero-order chi connectivity index (χ0) is 12.7. The third kappa shape index (κ3) is 2.10. The monoisotopic (exact) mass is 234 g/mol. The second-order valence-electron chi connectivity index (χ2n) is 6.14. The summed E-state index contributed by atoms with van der Waals surface area (Å²) in [6.45, 7) is 8.25. The molecule has 2 rings (SSSR count). The molecule has 0 radical (unpaired) electrons. The topological polar surface area (TPSA) is 34.1 Å². The van der Waals surface area contributed by atoms with Gasteiger partial charge in [-0.1, -0.05) is 26.8 Å². The summed E-state index contributed by atoms with van der Waals surface area (Å²) in [7, 11) is 0. The zero-order valence-electron chi connectivity index (χ0n) is 11.2. The van der Waals surface area contributed by atoms with Crippen LogP contribution in [0.25, 0.3) is 0 Å². The largest absolute Gasteiger partial charge is 0.299 e. The Morgan fingerprint density at radius 2 is 1.88 bits per heavy atom. The molecule has 1 fully saturated rings. The molecule has 0 N–H and O–H groups in total. The van der Waals surface area contributed by atoms with E-state index in [9.17, 15) is 9.59 Å². The molecule has 0 aliphatic heterocycles. The molecule has 2 aliphatic carbocycles. The lowest BCUT2D eigenvalue weighted by Crippen LogP contribution is -2.44. The van der Waals surface area contributed by atoms with Crippen molar-refractivity contribution in [1.82, 2.24) is 0 Å². The van der Waals surface area contributed by atoms with Crippen molar-refractivity contribution < 1.29 is 9.59 Å². The highest BCUT2D eigenvalue weighted by atomic mass is 16.1. The van der Waals surface area contributed by atoms with Crippen LogP contribution in [0.5, 0.6) is 0 Å². The molecule has 0 bridgehead atoms. The van der Waals surface area contributed by atoms with Gasteiger partial charge in [0, 0.05) is 18.8 Å². The molecule has 0 amide bonds. The van der Waals surface area contributed by atoms with Gasteiger partial charge in [0.1, 0.15) is 5.78 Å². The van der Waals surface area contributed by atoms with Gasteiger partial charge in [0.25, 0.3) is 0 Å². The molecule has 0 aromatic rings. The van der Waals surface area contributed by atoms with Gasteiger partial charge in [-0.3, -0.25) is 9.59 Å². The van der Waals surface area contributed by atoms with E-state index in [0.29, 0.717) is 42.3 Å². The lowest BCUT2D eigenvalue weighted by molar-refractivity contribution is -0.134. The summed E-state index contributed by atoms with van der Waals surface area (Å²) in [4.78, 5) is 24.0. The molecule has 4 atom stereocenters. The number of carbonyl (C=O) groups excluding carboxylic acids is 2. The summed E-state index contributed by atoms with van der Waals surface area (Å²) >= 11 is 0.